The molecule has 0 N–H and O–H groups in total. The highest BCUT2D eigenvalue weighted by molar-refractivity contribution is 5.18. The van der Waals surface area contributed by atoms with Crippen molar-refractivity contribution in [3.63, 3.8) is 0 Å². The van der Waals surface area contributed by atoms with Gasteiger partial charge in [-0.3, -0.25) is 0 Å². The lowest BCUT2D eigenvalue weighted by molar-refractivity contribution is -0.612. The highest BCUT2D eigenvalue weighted by atomic mass is 16.5. The van der Waals surface area contributed by atoms with E-state index in [1.807, 2.05) is 30.3 Å². The molecule has 1 heterocycles. The molecule has 0 saturated heterocycles. The van der Waals surface area contributed by atoms with Gasteiger partial charge < -0.3 is 9.94 Å². The van der Waals surface area contributed by atoms with E-state index in [1.54, 1.807) is 19.1 Å². The molecular formula is C13H13NO2. The maximum absolute atomic E-state index is 11.3. The van der Waals surface area contributed by atoms with Crippen LogP contribution in [0.3, 0.4) is 0 Å². The summed E-state index contributed by atoms with van der Waals surface area (Å²) in [6, 6.07) is 13.4. The fourth-order valence-electron chi connectivity index (χ4n) is 1.36. The second-order valence-corrected chi connectivity index (χ2v) is 3.61. The Morgan fingerprint density at radius 3 is 2.56 bits per heavy atom. The number of rotatable bonds is 3. The topological polar surface area (TPSA) is 36.2 Å². The van der Waals surface area contributed by atoms with Crippen molar-refractivity contribution in [2.75, 3.05) is 0 Å². The van der Waals surface area contributed by atoms with Crippen LogP contribution in [0.15, 0.2) is 48.7 Å². The molecule has 0 spiro atoms. The Hall–Kier alpha value is -2.03. The van der Waals surface area contributed by atoms with Crippen LogP contribution in [-0.2, 0) is 6.61 Å². The Balaban J connectivity index is 2.03. The molecule has 2 aromatic rings. The van der Waals surface area contributed by atoms with Crippen LogP contribution < -0.4 is 9.47 Å². The van der Waals surface area contributed by atoms with Gasteiger partial charge in [0.2, 0.25) is 6.20 Å². The van der Waals surface area contributed by atoms with E-state index >= 15 is 0 Å². The van der Waals surface area contributed by atoms with Crippen LogP contribution in [0.2, 0.25) is 0 Å². The number of hydrogen-bond donors (Lipinski definition) is 0. The van der Waals surface area contributed by atoms with Gasteiger partial charge in [0.25, 0.3) is 0 Å². The van der Waals surface area contributed by atoms with Crippen LogP contribution in [0.25, 0.3) is 0 Å². The highest BCUT2D eigenvalue weighted by Gasteiger charge is 2.02. The third-order valence-corrected chi connectivity index (χ3v) is 2.33. The first-order chi connectivity index (χ1) is 7.75. The molecule has 3 heteroatoms. The number of ether oxygens (including phenoxy) is 1. The largest absolute Gasteiger partial charge is 0.618 e. The monoisotopic (exact) mass is 215 g/mol. The average Bonchev–Trinajstić information content (AvgIpc) is 2.32. The molecule has 0 radical (unpaired) electrons. The van der Waals surface area contributed by atoms with Gasteiger partial charge in [-0.25, -0.2) is 0 Å². The van der Waals surface area contributed by atoms with Crippen LogP contribution >= 0.6 is 0 Å². The Bertz CT molecular complexity index is 469. The highest BCUT2D eigenvalue weighted by Crippen LogP contribution is 2.10. The van der Waals surface area contributed by atoms with E-state index < -0.39 is 0 Å². The molecule has 1 aromatic heterocycles. The van der Waals surface area contributed by atoms with Crippen LogP contribution in [-0.4, -0.2) is 0 Å². The van der Waals surface area contributed by atoms with Crippen molar-refractivity contribution in [2.45, 2.75) is 13.5 Å². The molecule has 0 amide bonds. The van der Waals surface area contributed by atoms with Crippen molar-refractivity contribution < 1.29 is 9.47 Å². The van der Waals surface area contributed by atoms with E-state index in [0.717, 1.165) is 10.3 Å². The minimum atomic E-state index is 0.476. The van der Waals surface area contributed by atoms with Crippen molar-refractivity contribution in [3.05, 3.63) is 65.1 Å². The second-order valence-electron chi connectivity index (χ2n) is 3.61. The van der Waals surface area contributed by atoms with Crippen molar-refractivity contribution in [1.29, 1.82) is 0 Å². The molecule has 3 nitrogen and oxygen atoms in total. The average molecular weight is 215 g/mol. The zero-order valence-corrected chi connectivity index (χ0v) is 9.09. The number of aryl methyl sites for hydroxylation is 1. The van der Waals surface area contributed by atoms with Crippen LogP contribution in [0.1, 0.15) is 11.3 Å². The fraction of sp³-hybridized carbons (Fsp3) is 0.154. The molecule has 82 valence electrons. The summed E-state index contributed by atoms with van der Waals surface area (Å²) in [6.45, 7) is 2.23. The van der Waals surface area contributed by atoms with E-state index in [4.69, 9.17) is 4.74 Å². The first-order valence-corrected chi connectivity index (χ1v) is 5.12. The number of benzene rings is 1. The molecule has 0 aliphatic rings. The van der Waals surface area contributed by atoms with E-state index in [-0.39, 0.29) is 0 Å². The Labute approximate surface area is 94.5 Å². The SMILES string of the molecule is Cc1ccc(OCc2ccccc2)c[n+]1[O-]. The van der Waals surface area contributed by atoms with Crippen molar-refractivity contribution in [1.82, 2.24) is 0 Å². The van der Waals surface area contributed by atoms with E-state index in [1.165, 1.54) is 6.20 Å². The van der Waals surface area contributed by atoms with Crippen LogP contribution in [0.4, 0.5) is 0 Å². The van der Waals surface area contributed by atoms with Crippen molar-refractivity contribution in [2.24, 2.45) is 0 Å². The number of hydrogen-bond acceptors (Lipinski definition) is 2. The molecule has 1 aromatic carbocycles. The third-order valence-electron chi connectivity index (χ3n) is 2.33. The first-order valence-electron chi connectivity index (χ1n) is 5.12. The molecule has 0 saturated carbocycles. The zero-order valence-electron chi connectivity index (χ0n) is 9.09. The zero-order chi connectivity index (χ0) is 11.4. The van der Waals surface area contributed by atoms with Gasteiger partial charge in [0.15, 0.2) is 11.4 Å². The van der Waals surface area contributed by atoms with Gasteiger partial charge in [0.1, 0.15) is 6.61 Å². The first kappa shape index (κ1) is 10.5. The maximum atomic E-state index is 11.3. The smallest absolute Gasteiger partial charge is 0.222 e. The molecule has 0 aliphatic carbocycles. The lowest BCUT2D eigenvalue weighted by atomic mass is 10.2. The summed E-state index contributed by atoms with van der Waals surface area (Å²) in [7, 11) is 0. The van der Waals surface area contributed by atoms with E-state index in [0.29, 0.717) is 18.1 Å². The van der Waals surface area contributed by atoms with Gasteiger partial charge >= 0.3 is 0 Å². The lowest BCUT2D eigenvalue weighted by Gasteiger charge is -2.06. The van der Waals surface area contributed by atoms with Crippen molar-refractivity contribution >= 4 is 0 Å². The van der Waals surface area contributed by atoms with Crippen molar-refractivity contribution in [3.8, 4) is 5.75 Å². The molecule has 0 aliphatic heterocycles. The van der Waals surface area contributed by atoms with Crippen LogP contribution in [0, 0.1) is 12.1 Å². The van der Waals surface area contributed by atoms with Crippen LogP contribution in [0.5, 0.6) is 5.75 Å². The second kappa shape index (κ2) is 4.66. The summed E-state index contributed by atoms with van der Waals surface area (Å²) in [5, 5.41) is 11.3. The molecule has 16 heavy (non-hydrogen) atoms. The number of aromatic nitrogens is 1. The summed E-state index contributed by atoms with van der Waals surface area (Å²) < 4.78 is 6.31. The fourth-order valence-corrected chi connectivity index (χ4v) is 1.36. The maximum Gasteiger partial charge on any atom is 0.222 e. The summed E-state index contributed by atoms with van der Waals surface area (Å²) in [6.07, 6.45) is 1.44. The molecule has 0 fully saturated rings. The summed E-state index contributed by atoms with van der Waals surface area (Å²) in [5.41, 5.74) is 1.74. The normalized spacial score (nSPS) is 10.1. The Kier molecular flexibility index (Phi) is 3.05. The lowest BCUT2D eigenvalue weighted by Crippen LogP contribution is -2.29. The molecule has 0 bridgehead atoms. The standard InChI is InChI=1S/C13H13NO2/c1-11-7-8-13(9-14(11)15)16-10-12-5-3-2-4-6-12/h2-9H,10H2,1H3. The van der Waals surface area contributed by atoms with Gasteiger partial charge in [-0.1, -0.05) is 30.3 Å². The molecule has 0 unspecified atom stereocenters. The molecule has 2 rings (SSSR count). The summed E-state index contributed by atoms with van der Waals surface area (Å²) >= 11 is 0. The van der Waals surface area contributed by atoms with Gasteiger partial charge in [-0.2, -0.15) is 4.73 Å². The predicted molar refractivity (Wildman–Crippen MR) is 60.9 cm³/mol. The van der Waals surface area contributed by atoms with E-state index in [2.05, 4.69) is 0 Å². The number of pyridine rings is 1. The quantitative estimate of drug-likeness (QED) is 0.581. The summed E-state index contributed by atoms with van der Waals surface area (Å²) in [5.74, 6) is 0.587. The minimum absolute atomic E-state index is 0.476. The van der Waals surface area contributed by atoms with Gasteiger partial charge in [0, 0.05) is 13.0 Å². The minimum Gasteiger partial charge on any atom is -0.618 e. The Morgan fingerprint density at radius 2 is 1.88 bits per heavy atom. The number of nitrogens with zero attached hydrogens (tertiary/aromatic N) is 1. The molecular weight excluding hydrogens is 202 g/mol. The van der Waals surface area contributed by atoms with Gasteiger partial charge in [-0.15, -0.1) is 0 Å². The Morgan fingerprint density at radius 1 is 1.12 bits per heavy atom. The van der Waals surface area contributed by atoms with Gasteiger partial charge in [0.05, 0.1) is 0 Å². The van der Waals surface area contributed by atoms with Gasteiger partial charge in [-0.05, 0) is 11.6 Å². The summed E-state index contributed by atoms with van der Waals surface area (Å²) in [4.78, 5) is 0. The predicted octanol–water partition coefficient (Wildman–Crippen LogP) is 2.21. The third kappa shape index (κ3) is 2.51. The van der Waals surface area contributed by atoms with E-state index in [9.17, 15) is 5.21 Å². The molecule has 0 atom stereocenters.